The lowest BCUT2D eigenvalue weighted by Gasteiger charge is -2.08. The van der Waals surface area contributed by atoms with Crippen LogP contribution in [-0.4, -0.2) is 23.2 Å². The molecule has 25 heavy (non-hydrogen) atoms. The van der Waals surface area contributed by atoms with E-state index in [1.807, 2.05) is 24.3 Å². The molecule has 7 heteroatoms. The Kier molecular flexibility index (Phi) is 4.94. The van der Waals surface area contributed by atoms with E-state index in [-0.39, 0.29) is 5.91 Å². The lowest BCUT2D eigenvalue weighted by Crippen LogP contribution is -2.14. The third kappa shape index (κ3) is 4.35. The molecule has 1 amide bonds. The van der Waals surface area contributed by atoms with Crippen molar-refractivity contribution < 1.29 is 14.1 Å². The average Bonchev–Trinajstić information content (AvgIpc) is 3.05. The van der Waals surface area contributed by atoms with Crippen LogP contribution in [0.15, 0.2) is 53.2 Å². The molecule has 0 unspecified atom stereocenters. The minimum Gasteiger partial charge on any atom is -0.497 e. The van der Waals surface area contributed by atoms with E-state index >= 15 is 0 Å². The van der Waals surface area contributed by atoms with Crippen LogP contribution in [0, 0.1) is 6.92 Å². The maximum atomic E-state index is 12.1. The topological polar surface area (TPSA) is 89.3 Å². The van der Waals surface area contributed by atoms with Gasteiger partial charge in [0.05, 0.1) is 19.0 Å². The van der Waals surface area contributed by atoms with Crippen molar-refractivity contribution in [2.75, 3.05) is 17.7 Å². The summed E-state index contributed by atoms with van der Waals surface area (Å²) in [5.74, 6) is 1.48. The van der Waals surface area contributed by atoms with Gasteiger partial charge in [0, 0.05) is 12.6 Å². The molecule has 3 aromatic rings. The molecule has 2 N–H and O–H groups in total. The van der Waals surface area contributed by atoms with Crippen molar-refractivity contribution in [3.63, 3.8) is 0 Å². The molecule has 0 atom stereocenters. The van der Waals surface area contributed by atoms with Crippen molar-refractivity contribution in [3.8, 4) is 5.75 Å². The van der Waals surface area contributed by atoms with E-state index in [1.54, 1.807) is 38.4 Å². The van der Waals surface area contributed by atoms with Crippen molar-refractivity contribution in [3.05, 3.63) is 65.7 Å². The molecule has 0 spiro atoms. The first-order valence-electron chi connectivity index (χ1n) is 7.71. The van der Waals surface area contributed by atoms with Gasteiger partial charge in [-0.1, -0.05) is 17.3 Å². The summed E-state index contributed by atoms with van der Waals surface area (Å²) in [5, 5.41) is 9.60. The largest absolute Gasteiger partial charge is 0.497 e. The molecule has 0 fully saturated rings. The molecule has 3 rings (SSSR count). The van der Waals surface area contributed by atoms with Crippen molar-refractivity contribution in [2.45, 2.75) is 13.5 Å². The maximum absolute atomic E-state index is 12.1. The summed E-state index contributed by atoms with van der Waals surface area (Å²) in [6, 6.07) is 12.9. The number of amides is 1. The first-order chi connectivity index (χ1) is 12.1. The highest BCUT2D eigenvalue weighted by molar-refractivity contribution is 6.02. The summed E-state index contributed by atoms with van der Waals surface area (Å²) < 4.78 is 10.0. The van der Waals surface area contributed by atoms with Crippen LogP contribution in [0.25, 0.3) is 0 Å². The van der Waals surface area contributed by atoms with Gasteiger partial charge in [-0.25, -0.2) is 4.98 Å². The van der Waals surface area contributed by atoms with Crippen LogP contribution in [0.1, 0.15) is 21.8 Å². The predicted octanol–water partition coefficient (Wildman–Crippen LogP) is 3.25. The van der Waals surface area contributed by atoms with E-state index in [9.17, 15) is 4.79 Å². The fourth-order valence-electron chi connectivity index (χ4n) is 2.19. The van der Waals surface area contributed by atoms with Gasteiger partial charge in [-0.05, 0) is 36.8 Å². The Bertz CT molecular complexity index is 842. The van der Waals surface area contributed by atoms with Gasteiger partial charge < -0.3 is 19.9 Å². The van der Waals surface area contributed by atoms with E-state index in [1.165, 1.54) is 0 Å². The number of hydrogen-bond donors (Lipinski definition) is 2. The molecule has 7 nitrogen and oxygen atoms in total. The number of methoxy groups -OCH3 is 1. The normalized spacial score (nSPS) is 10.3. The fourth-order valence-corrected chi connectivity index (χ4v) is 2.19. The number of hydrogen-bond acceptors (Lipinski definition) is 6. The number of nitrogens with one attached hydrogen (secondary N) is 2. The Morgan fingerprint density at radius 1 is 1.20 bits per heavy atom. The van der Waals surface area contributed by atoms with Crippen LogP contribution in [0.4, 0.5) is 11.5 Å². The maximum Gasteiger partial charge on any atom is 0.275 e. The Morgan fingerprint density at radius 2 is 2.00 bits per heavy atom. The van der Waals surface area contributed by atoms with Crippen LogP contribution in [-0.2, 0) is 6.54 Å². The number of rotatable bonds is 6. The number of nitrogens with zero attached hydrogens (tertiary/aromatic N) is 2. The monoisotopic (exact) mass is 338 g/mol. The third-order valence-electron chi connectivity index (χ3n) is 3.52. The summed E-state index contributed by atoms with van der Waals surface area (Å²) in [6.07, 6.45) is 1.62. The minimum absolute atomic E-state index is 0.302. The number of aromatic nitrogens is 2. The third-order valence-corrected chi connectivity index (χ3v) is 3.52. The van der Waals surface area contributed by atoms with E-state index in [0.29, 0.717) is 23.8 Å². The second-order valence-electron chi connectivity index (χ2n) is 5.41. The molecule has 0 aliphatic carbocycles. The van der Waals surface area contributed by atoms with Gasteiger partial charge in [0.2, 0.25) is 0 Å². The molecule has 0 bridgehead atoms. The zero-order chi connectivity index (χ0) is 17.6. The molecule has 2 heterocycles. The summed E-state index contributed by atoms with van der Waals surface area (Å²) in [5.41, 5.74) is 2.24. The highest BCUT2D eigenvalue weighted by atomic mass is 16.5. The van der Waals surface area contributed by atoms with Crippen molar-refractivity contribution >= 4 is 17.4 Å². The van der Waals surface area contributed by atoms with Crippen molar-refractivity contribution in [1.82, 2.24) is 10.1 Å². The van der Waals surface area contributed by atoms with Gasteiger partial charge in [0.25, 0.3) is 5.91 Å². The quantitative estimate of drug-likeness (QED) is 0.717. The van der Waals surface area contributed by atoms with Crippen LogP contribution in [0.3, 0.4) is 0 Å². The molecule has 0 radical (unpaired) electrons. The predicted molar refractivity (Wildman–Crippen MR) is 93.8 cm³/mol. The molecular formula is C18H18N4O3. The Hall–Kier alpha value is -3.35. The van der Waals surface area contributed by atoms with Gasteiger partial charge in [-0.3, -0.25) is 4.79 Å². The van der Waals surface area contributed by atoms with Crippen LogP contribution in [0.2, 0.25) is 0 Å². The van der Waals surface area contributed by atoms with E-state index in [2.05, 4.69) is 20.8 Å². The Morgan fingerprint density at radius 3 is 2.60 bits per heavy atom. The zero-order valence-corrected chi connectivity index (χ0v) is 13.9. The standard InChI is InChI=1S/C18H18N4O3/c1-12-9-17(22-25-12)21-18(23)16-8-5-14(11-20-16)19-10-13-3-6-15(24-2)7-4-13/h3-9,11,19H,10H2,1-2H3,(H,21,22,23). The van der Waals surface area contributed by atoms with Gasteiger partial charge in [-0.15, -0.1) is 0 Å². The Labute approximate surface area is 145 Å². The Balaban J connectivity index is 1.56. The first-order valence-corrected chi connectivity index (χ1v) is 7.71. The van der Waals surface area contributed by atoms with Crippen molar-refractivity contribution in [1.29, 1.82) is 0 Å². The molecule has 0 saturated carbocycles. The molecule has 0 aliphatic heterocycles. The fraction of sp³-hybridized carbons (Fsp3) is 0.167. The van der Waals surface area contributed by atoms with Gasteiger partial charge >= 0.3 is 0 Å². The van der Waals surface area contributed by atoms with Crippen LogP contribution < -0.4 is 15.4 Å². The number of carbonyl (C=O) groups excluding carboxylic acids is 1. The number of carbonyl (C=O) groups is 1. The number of anilines is 2. The molecule has 2 aromatic heterocycles. The summed E-state index contributed by atoms with van der Waals surface area (Å²) in [6.45, 7) is 2.40. The number of ether oxygens (including phenoxy) is 1. The summed E-state index contributed by atoms with van der Waals surface area (Å²) in [7, 11) is 1.64. The zero-order valence-electron chi connectivity index (χ0n) is 13.9. The van der Waals surface area contributed by atoms with E-state index in [4.69, 9.17) is 9.26 Å². The lowest BCUT2D eigenvalue weighted by atomic mass is 10.2. The minimum atomic E-state index is -0.338. The van der Waals surface area contributed by atoms with E-state index < -0.39 is 0 Å². The SMILES string of the molecule is COc1ccc(CNc2ccc(C(=O)Nc3cc(C)on3)nc2)cc1. The highest BCUT2D eigenvalue weighted by Crippen LogP contribution is 2.14. The average molecular weight is 338 g/mol. The second kappa shape index (κ2) is 7.48. The van der Waals surface area contributed by atoms with E-state index in [0.717, 1.165) is 17.0 Å². The number of benzene rings is 1. The van der Waals surface area contributed by atoms with Gasteiger partial charge in [0.15, 0.2) is 5.82 Å². The van der Waals surface area contributed by atoms with Gasteiger partial charge in [0.1, 0.15) is 17.2 Å². The second-order valence-corrected chi connectivity index (χ2v) is 5.41. The molecule has 0 saturated heterocycles. The summed E-state index contributed by atoms with van der Waals surface area (Å²) >= 11 is 0. The van der Waals surface area contributed by atoms with Crippen LogP contribution >= 0.6 is 0 Å². The smallest absolute Gasteiger partial charge is 0.275 e. The molecule has 1 aromatic carbocycles. The molecule has 0 aliphatic rings. The highest BCUT2D eigenvalue weighted by Gasteiger charge is 2.10. The molecule has 128 valence electrons. The van der Waals surface area contributed by atoms with Crippen molar-refractivity contribution in [2.24, 2.45) is 0 Å². The number of pyridine rings is 1. The lowest BCUT2D eigenvalue weighted by molar-refractivity contribution is 0.102. The van der Waals surface area contributed by atoms with Crippen LogP contribution in [0.5, 0.6) is 5.75 Å². The summed E-state index contributed by atoms with van der Waals surface area (Å²) in [4.78, 5) is 16.3. The number of aryl methyl sites for hydroxylation is 1. The first kappa shape index (κ1) is 16.5. The molecular weight excluding hydrogens is 320 g/mol. The van der Waals surface area contributed by atoms with Gasteiger partial charge in [-0.2, -0.15) is 0 Å².